The van der Waals surface area contributed by atoms with E-state index in [1.54, 1.807) is 0 Å². The first-order chi connectivity index (χ1) is 11.5. The van der Waals surface area contributed by atoms with Crippen molar-refractivity contribution in [3.63, 3.8) is 0 Å². The topological polar surface area (TPSA) is 48.5 Å². The molecule has 0 aliphatic carbocycles. The molecular formula is C19H19I2N3. The average Bonchev–Trinajstić information content (AvgIpc) is 2.61. The highest BCUT2D eigenvalue weighted by Crippen LogP contribution is 2.32. The van der Waals surface area contributed by atoms with Crippen LogP contribution in [0.15, 0.2) is 58.8 Å². The maximum Gasteiger partial charge on any atom is 0.192 e. The van der Waals surface area contributed by atoms with Gasteiger partial charge in [0.1, 0.15) is 0 Å². The molecule has 5 heteroatoms. The number of benzene rings is 2. The molecule has 0 N–H and O–H groups in total. The molecule has 0 aromatic heterocycles. The summed E-state index contributed by atoms with van der Waals surface area (Å²) in [6, 6.07) is 18.6. The summed E-state index contributed by atoms with van der Waals surface area (Å²) in [6.07, 6.45) is 1.44. The molecule has 0 radical (unpaired) electrons. The Morgan fingerprint density at radius 1 is 1.00 bits per heavy atom. The minimum Gasteiger partial charge on any atom is -0.195 e. The zero-order valence-corrected chi connectivity index (χ0v) is 18.0. The number of hydrogen-bond acceptors (Lipinski definition) is 3. The molecule has 0 amide bonds. The van der Waals surface area contributed by atoms with Crippen LogP contribution in [0.3, 0.4) is 0 Å². The van der Waals surface area contributed by atoms with Crippen molar-refractivity contribution in [2.24, 2.45) is 10.2 Å². The quantitative estimate of drug-likeness (QED) is 0.298. The maximum absolute atomic E-state index is 9.79. The molecule has 0 saturated carbocycles. The van der Waals surface area contributed by atoms with Crippen LogP contribution >= 0.6 is 45.2 Å². The first-order valence-electron chi connectivity index (χ1n) is 7.89. The van der Waals surface area contributed by atoms with Crippen LogP contribution in [0.2, 0.25) is 0 Å². The number of azo groups is 1. The number of nitriles is 1. The molecule has 3 nitrogen and oxygen atoms in total. The Bertz CT molecular complexity index is 733. The standard InChI is InChI=1S/C19H19I2N3/c1-3-18(14-5-9-16(20)10-6-14)23-24-19(4-2,13-22)15-7-11-17(21)12-8-15/h5-12,18H,3-4H2,1-2H3. The second-order valence-corrected chi connectivity index (χ2v) is 8.01. The molecule has 24 heavy (non-hydrogen) atoms. The van der Waals surface area contributed by atoms with Crippen LogP contribution in [0.5, 0.6) is 0 Å². The molecular weight excluding hydrogens is 524 g/mol. The lowest BCUT2D eigenvalue weighted by Crippen LogP contribution is -2.20. The summed E-state index contributed by atoms with van der Waals surface area (Å²) in [6.45, 7) is 4.07. The molecule has 2 aromatic carbocycles. The highest BCUT2D eigenvalue weighted by atomic mass is 127. The molecule has 124 valence electrons. The Balaban J connectivity index is 2.34. The fourth-order valence-electron chi connectivity index (χ4n) is 2.46. The lowest BCUT2D eigenvalue weighted by atomic mass is 9.90. The Morgan fingerprint density at radius 2 is 1.54 bits per heavy atom. The van der Waals surface area contributed by atoms with Crippen molar-refractivity contribution in [3.05, 3.63) is 66.8 Å². The fourth-order valence-corrected chi connectivity index (χ4v) is 3.18. The van der Waals surface area contributed by atoms with Gasteiger partial charge in [-0.25, -0.2) is 0 Å². The molecule has 0 heterocycles. The molecule has 2 atom stereocenters. The van der Waals surface area contributed by atoms with Gasteiger partial charge in [-0.3, -0.25) is 0 Å². The van der Waals surface area contributed by atoms with Gasteiger partial charge in [0.25, 0.3) is 0 Å². The summed E-state index contributed by atoms with van der Waals surface area (Å²) in [5.74, 6) is 0. The predicted octanol–water partition coefficient (Wildman–Crippen LogP) is 6.63. The number of hydrogen-bond donors (Lipinski definition) is 0. The summed E-state index contributed by atoms with van der Waals surface area (Å²) in [7, 11) is 0. The van der Waals surface area contributed by atoms with Crippen LogP contribution in [-0.2, 0) is 5.54 Å². The Kier molecular flexibility index (Phi) is 7.16. The molecule has 2 rings (SSSR count). The molecule has 0 saturated heterocycles. The van der Waals surface area contributed by atoms with E-state index in [1.807, 2.05) is 31.2 Å². The molecule has 0 spiro atoms. The number of nitrogens with zero attached hydrogens (tertiary/aromatic N) is 3. The van der Waals surface area contributed by atoms with E-state index < -0.39 is 5.54 Å². The van der Waals surface area contributed by atoms with E-state index in [4.69, 9.17) is 0 Å². The van der Waals surface area contributed by atoms with E-state index in [0.29, 0.717) is 6.42 Å². The van der Waals surface area contributed by atoms with Gasteiger partial charge in [-0.1, -0.05) is 38.1 Å². The van der Waals surface area contributed by atoms with Crippen LogP contribution in [-0.4, -0.2) is 0 Å². The predicted molar refractivity (Wildman–Crippen MR) is 114 cm³/mol. The average molecular weight is 543 g/mol. The van der Waals surface area contributed by atoms with Gasteiger partial charge in [0, 0.05) is 7.14 Å². The van der Waals surface area contributed by atoms with Gasteiger partial charge >= 0.3 is 0 Å². The summed E-state index contributed by atoms with van der Waals surface area (Å²) >= 11 is 4.55. The lowest BCUT2D eigenvalue weighted by Gasteiger charge is -2.21. The normalized spacial score (nSPS) is 15.0. The van der Waals surface area contributed by atoms with Crippen LogP contribution in [0.1, 0.15) is 43.9 Å². The van der Waals surface area contributed by atoms with E-state index >= 15 is 0 Å². The summed E-state index contributed by atoms with van der Waals surface area (Å²) in [5.41, 5.74) is 1.11. The van der Waals surface area contributed by atoms with E-state index in [9.17, 15) is 5.26 Å². The van der Waals surface area contributed by atoms with Crippen LogP contribution in [0, 0.1) is 18.5 Å². The lowest BCUT2D eigenvalue weighted by molar-refractivity contribution is 0.493. The first-order valence-corrected chi connectivity index (χ1v) is 10.0. The third-order valence-corrected chi connectivity index (χ3v) is 5.47. The zero-order valence-electron chi connectivity index (χ0n) is 13.7. The van der Waals surface area contributed by atoms with Crippen molar-refractivity contribution in [3.8, 4) is 6.07 Å². The van der Waals surface area contributed by atoms with Crippen molar-refractivity contribution in [1.29, 1.82) is 5.26 Å². The van der Waals surface area contributed by atoms with Gasteiger partial charge in [-0.15, -0.1) is 0 Å². The smallest absolute Gasteiger partial charge is 0.192 e. The minimum atomic E-state index is -0.916. The Morgan fingerprint density at radius 3 is 2.00 bits per heavy atom. The Labute approximate surface area is 170 Å². The molecule has 0 aliphatic rings. The van der Waals surface area contributed by atoms with Crippen LogP contribution in [0.25, 0.3) is 0 Å². The molecule has 2 aromatic rings. The Hall–Kier alpha value is -1.01. The molecule has 0 aliphatic heterocycles. The monoisotopic (exact) mass is 543 g/mol. The van der Waals surface area contributed by atoms with Gasteiger partial charge in [-0.05, 0) is 93.4 Å². The summed E-state index contributed by atoms with van der Waals surface area (Å²) in [4.78, 5) is 0. The number of rotatable bonds is 6. The summed E-state index contributed by atoms with van der Waals surface area (Å²) < 4.78 is 2.34. The highest BCUT2D eigenvalue weighted by Gasteiger charge is 2.30. The summed E-state index contributed by atoms with van der Waals surface area (Å²) in [5, 5.41) is 18.9. The van der Waals surface area contributed by atoms with Crippen molar-refractivity contribution in [1.82, 2.24) is 0 Å². The second-order valence-electron chi connectivity index (χ2n) is 5.52. The fraction of sp³-hybridized carbons (Fsp3) is 0.316. The van der Waals surface area contributed by atoms with Gasteiger partial charge in [0.2, 0.25) is 0 Å². The minimum absolute atomic E-state index is 0.0230. The van der Waals surface area contributed by atoms with Crippen molar-refractivity contribution in [2.45, 2.75) is 38.3 Å². The van der Waals surface area contributed by atoms with E-state index in [-0.39, 0.29) is 6.04 Å². The van der Waals surface area contributed by atoms with Gasteiger partial charge in [0.05, 0.1) is 12.1 Å². The molecule has 0 fully saturated rings. The third-order valence-electron chi connectivity index (χ3n) is 4.03. The van der Waals surface area contributed by atoms with Crippen molar-refractivity contribution < 1.29 is 0 Å². The van der Waals surface area contributed by atoms with E-state index in [0.717, 1.165) is 21.1 Å². The van der Waals surface area contributed by atoms with Crippen LogP contribution in [0.4, 0.5) is 0 Å². The van der Waals surface area contributed by atoms with Crippen LogP contribution < -0.4 is 0 Å². The highest BCUT2D eigenvalue weighted by molar-refractivity contribution is 14.1. The zero-order chi connectivity index (χ0) is 17.6. The van der Waals surface area contributed by atoms with E-state index in [1.165, 1.54) is 3.57 Å². The first kappa shape index (κ1) is 19.3. The SMILES string of the molecule is CCC(N=NC(C#N)(CC)c1ccc(I)cc1)c1ccc(I)cc1. The van der Waals surface area contributed by atoms with Crippen molar-refractivity contribution >= 4 is 45.2 Å². The molecule has 2 unspecified atom stereocenters. The molecule has 0 bridgehead atoms. The van der Waals surface area contributed by atoms with Crippen molar-refractivity contribution in [2.75, 3.05) is 0 Å². The maximum atomic E-state index is 9.79. The third kappa shape index (κ3) is 4.54. The second kappa shape index (κ2) is 8.90. The largest absolute Gasteiger partial charge is 0.195 e. The van der Waals surface area contributed by atoms with Gasteiger partial charge < -0.3 is 0 Å². The van der Waals surface area contributed by atoms with E-state index in [2.05, 4.69) is 92.7 Å². The van der Waals surface area contributed by atoms with Gasteiger partial charge in [0.15, 0.2) is 5.54 Å². The number of halogens is 2. The van der Waals surface area contributed by atoms with Gasteiger partial charge in [-0.2, -0.15) is 15.5 Å².